The third-order valence-electron chi connectivity index (χ3n) is 4.63. The Bertz CT molecular complexity index is 1190. The lowest BCUT2D eigenvalue weighted by molar-refractivity contribution is 0.102. The molecule has 1 aliphatic rings. The van der Waals surface area contributed by atoms with Crippen LogP contribution in [0.2, 0.25) is 0 Å². The summed E-state index contributed by atoms with van der Waals surface area (Å²) in [6.45, 7) is 0.689. The van der Waals surface area contributed by atoms with E-state index in [1.54, 1.807) is 24.3 Å². The standard InChI is InChI=1S/C20H14FN5OS/c21-14-6-7-15-13(10-14)8-9-26(15)17-16-19(23-11-22-17)28-20(24-16)25-18(27)12-4-2-1-3-5-12/h1-7,10-11H,8-9H2,(H,24,25,27). The van der Waals surface area contributed by atoms with Gasteiger partial charge in [-0.15, -0.1) is 0 Å². The van der Waals surface area contributed by atoms with Gasteiger partial charge in [0.1, 0.15) is 17.7 Å². The summed E-state index contributed by atoms with van der Waals surface area (Å²) in [5.41, 5.74) is 3.04. The zero-order chi connectivity index (χ0) is 19.1. The molecular formula is C20H14FN5OS. The molecule has 0 bridgehead atoms. The third-order valence-corrected chi connectivity index (χ3v) is 5.50. The average molecular weight is 391 g/mol. The van der Waals surface area contributed by atoms with Crippen LogP contribution in [-0.2, 0) is 6.42 Å². The van der Waals surface area contributed by atoms with Gasteiger partial charge in [-0.3, -0.25) is 10.1 Å². The number of anilines is 3. The summed E-state index contributed by atoms with van der Waals surface area (Å²) in [6.07, 6.45) is 2.22. The summed E-state index contributed by atoms with van der Waals surface area (Å²) in [5, 5.41) is 3.29. The highest BCUT2D eigenvalue weighted by atomic mass is 32.1. The summed E-state index contributed by atoms with van der Waals surface area (Å²) in [7, 11) is 0. The molecule has 0 aliphatic carbocycles. The number of nitrogens with zero attached hydrogens (tertiary/aromatic N) is 4. The maximum Gasteiger partial charge on any atom is 0.257 e. The second-order valence-corrected chi connectivity index (χ2v) is 7.34. The second kappa shape index (κ2) is 6.65. The van der Waals surface area contributed by atoms with E-state index in [4.69, 9.17) is 0 Å². The highest BCUT2D eigenvalue weighted by Crippen LogP contribution is 2.38. The Morgan fingerprint density at radius 1 is 1.14 bits per heavy atom. The van der Waals surface area contributed by atoms with Gasteiger partial charge in [-0.1, -0.05) is 29.5 Å². The van der Waals surface area contributed by atoms with Crippen molar-refractivity contribution < 1.29 is 9.18 Å². The molecule has 0 unspecified atom stereocenters. The number of carbonyl (C=O) groups excluding carboxylic acids is 1. The Hall–Kier alpha value is -3.39. The summed E-state index contributed by atoms with van der Waals surface area (Å²) < 4.78 is 13.5. The highest BCUT2D eigenvalue weighted by Gasteiger charge is 2.25. The van der Waals surface area contributed by atoms with E-state index < -0.39 is 0 Å². The fraction of sp³-hybridized carbons (Fsp3) is 0.100. The number of thiazole rings is 1. The van der Waals surface area contributed by atoms with E-state index in [-0.39, 0.29) is 11.7 Å². The Balaban J connectivity index is 1.50. The topological polar surface area (TPSA) is 71.0 Å². The number of benzene rings is 2. The first-order chi connectivity index (χ1) is 13.7. The number of aromatic nitrogens is 3. The van der Waals surface area contributed by atoms with Crippen molar-refractivity contribution >= 4 is 44.2 Å². The first kappa shape index (κ1) is 16.8. The molecule has 0 fully saturated rings. The van der Waals surface area contributed by atoms with Crippen molar-refractivity contribution in [2.24, 2.45) is 0 Å². The molecule has 0 spiro atoms. The van der Waals surface area contributed by atoms with E-state index in [1.807, 2.05) is 23.1 Å². The number of fused-ring (bicyclic) bond motifs is 2. The fourth-order valence-electron chi connectivity index (χ4n) is 3.34. The number of amides is 1. The zero-order valence-corrected chi connectivity index (χ0v) is 15.4. The lowest BCUT2D eigenvalue weighted by atomic mass is 10.2. The molecule has 2 aromatic carbocycles. The van der Waals surface area contributed by atoms with Crippen molar-refractivity contribution in [1.29, 1.82) is 0 Å². The Labute approximate surface area is 163 Å². The Morgan fingerprint density at radius 3 is 2.86 bits per heavy atom. The molecule has 1 N–H and O–H groups in total. The van der Waals surface area contributed by atoms with Gasteiger partial charge in [0.2, 0.25) is 0 Å². The molecule has 3 heterocycles. The van der Waals surface area contributed by atoms with Gasteiger partial charge in [0.25, 0.3) is 5.91 Å². The van der Waals surface area contributed by atoms with Gasteiger partial charge in [0.15, 0.2) is 15.8 Å². The molecule has 28 heavy (non-hydrogen) atoms. The van der Waals surface area contributed by atoms with E-state index in [1.165, 1.54) is 23.7 Å². The van der Waals surface area contributed by atoms with Crippen LogP contribution in [-0.4, -0.2) is 27.4 Å². The van der Waals surface area contributed by atoms with Gasteiger partial charge >= 0.3 is 0 Å². The molecule has 8 heteroatoms. The molecule has 138 valence electrons. The number of hydrogen-bond acceptors (Lipinski definition) is 6. The first-order valence-corrected chi connectivity index (χ1v) is 9.54. The molecule has 0 saturated carbocycles. The maximum atomic E-state index is 13.5. The molecule has 0 saturated heterocycles. The number of carbonyl (C=O) groups is 1. The number of halogens is 1. The highest BCUT2D eigenvalue weighted by molar-refractivity contribution is 7.22. The molecule has 0 radical (unpaired) electrons. The quantitative estimate of drug-likeness (QED) is 0.568. The molecule has 4 aromatic rings. The average Bonchev–Trinajstić information content (AvgIpc) is 3.31. The third kappa shape index (κ3) is 2.87. The monoisotopic (exact) mass is 391 g/mol. The molecule has 1 amide bonds. The van der Waals surface area contributed by atoms with Crippen LogP contribution in [0.4, 0.5) is 21.0 Å². The van der Waals surface area contributed by atoms with Crippen molar-refractivity contribution in [3.63, 3.8) is 0 Å². The van der Waals surface area contributed by atoms with E-state index in [9.17, 15) is 9.18 Å². The van der Waals surface area contributed by atoms with Gasteiger partial charge in [-0.25, -0.2) is 19.3 Å². The van der Waals surface area contributed by atoms with Crippen molar-refractivity contribution in [1.82, 2.24) is 15.0 Å². The second-order valence-electron chi connectivity index (χ2n) is 6.36. The van der Waals surface area contributed by atoms with Crippen LogP contribution in [0.5, 0.6) is 0 Å². The first-order valence-electron chi connectivity index (χ1n) is 8.73. The minimum atomic E-state index is -0.243. The number of rotatable bonds is 3. The van der Waals surface area contributed by atoms with Crippen molar-refractivity contribution in [2.45, 2.75) is 6.42 Å². The van der Waals surface area contributed by atoms with E-state index in [0.29, 0.717) is 33.4 Å². The van der Waals surface area contributed by atoms with Crippen molar-refractivity contribution in [2.75, 3.05) is 16.8 Å². The largest absolute Gasteiger partial charge is 0.324 e. The summed E-state index contributed by atoms with van der Waals surface area (Å²) in [5.74, 6) is 0.191. The Morgan fingerprint density at radius 2 is 2.00 bits per heavy atom. The molecule has 1 aliphatic heterocycles. The van der Waals surface area contributed by atoms with Crippen molar-refractivity contribution in [3.8, 4) is 0 Å². The molecule has 0 atom stereocenters. The van der Waals surface area contributed by atoms with Crippen LogP contribution in [0, 0.1) is 5.82 Å². The van der Waals surface area contributed by atoms with Gasteiger partial charge in [-0.05, 0) is 42.3 Å². The number of nitrogens with one attached hydrogen (secondary N) is 1. The molecule has 2 aromatic heterocycles. The van der Waals surface area contributed by atoms with Crippen LogP contribution >= 0.6 is 11.3 Å². The van der Waals surface area contributed by atoms with Crippen LogP contribution in [0.25, 0.3) is 10.3 Å². The minimum absolute atomic E-state index is 0.226. The normalized spacial score (nSPS) is 13.0. The summed E-state index contributed by atoms with van der Waals surface area (Å²) >= 11 is 1.30. The van der Waals surface area contributed by atoms with E-state index in [2.05, 4.69) is 20.3 Å². The number of hydrogen-bond donors (Lipinski definition) is 1. The van der Waals surface area contributed by atoms with Gasteiger partial charge in [0, 0.05) is 17.8 Å². The molecule has 5 rings (SSSR count). The summed E-state index contributed by atoms with van der Waals surface area (Å²) in [4.78, 5) is 28.4. The lowest BCUT2D eigenvalue weighted by Crippen LogP contribution is -2.15. The molecular weight excluding hydrogens is 377 g/mol. The lowest BCUT2D eigenvalue weighted by Gasteiger charge is -2.18. The van der Waals surface area contributed by atoms with Crippen LogP contribution in [0.15, 0.2) is 54.9 Å². The van der Waals surface area contributed by atoms with Crippen LogP contribution in [0.1, 0.15) is 15.9 Å². The predicted molar refractivity (Wildman–Crippen MR) is 107 cm³/mol. The molecule has 6 nitrogen and oxygen atoms in total. The van der Waals surface area contributed by atoms with Gasteiger partial charge < -0.3 is 4.90 Å². The smallest absolute Gasteiger partial charge is 0.257 e. The van der Waals surface area contributed by atoms with E-state index in [0.717, 1.165) is 17.7 Å². The predicted octanol–water partition coefficient (Wildman–Crippen LogP) is 4.17. The Kier molecular flexibility index (Phi) is 3.98. The fourth-order valence-corrected chi connectivity index (χ4v) is 4.14. The van der Waals surface area contributed by atoms with Crippen molar-refractivity contribution in [3.05, 3.63) is 71.8 Å². The SMILES string of the molecule is O=C(Nc1nc2c(N3CCc4cc(F)ccc43)ncnc2s1)c1ccccc1. The summed E-state index contributed by atoms with van der Waals surface area (Å²) in [6, 6.07) is 13.7. The zero-order valence-electron chi connectivity index (χ0n) is 14.6. The maximum absolute atomic E-state index is 13.5. The van der Waals surface area contributed by atoms with Crippen LogP contribution < -0.4 is 10.2 Å². The van der Waals surface area contributed by atoms with E-state index >= 15 is 0 Å². The van der Waals surface area contributed by atoms with Gasteiger partial charge in [0.05, 0.1) is 0 Å². The van der Waals surface area contributed by atoms with Crippen LogP contribution in [0.3, 0.4) is 0 Å². The minimum Gasteiger partial charge on any atom is -0.324 e. The van der Waals surface area contributed by atoms with Gasteiger partial charge in [-0.2, -0.15) is 0 Å².